The number of imidazole rings is 1. The molecule has 12 nitrogen and oxygen atoms in total. The maximum absolute atomic E-state index is 13.0. The Morgan fingerprint density at radius 3 is 2.29 bits per heavy atom. The van der Waals surface area contributed by atoms with Crippen molar-refractivity contribution in [1.29, 1.82) is 0 Å². The first kappa shape index (κ1) is 26.4. The molecule has 31 heavy (non-hydrogen) atoms. The number of rotatable bonds is 13. The van der Waals surface area contributed by atoms with Gasteiger partial charge in [-0.1, -0.05) is 20.3 Å². The molecule has 1 rings (SSSR count). The lowest BCUT2D eigenvalue weighted by atomic mass is 9.97. The van der Waals surface area contributed by atoms with Gasteiger partial charge in [-0.15, -0.1) is 0 Å². The summed E-state index contributed by atoms with van der Waals surface area (Å²) < 4.78 is 0. The number of hydrogen-bond donors (Lipinski definition) is 8. The lowest BCUT2D eigenvalue weighted by Crippen LogP contribution is -2.59. The van der Waals surface area contributed by atoms with Gasteiger partial charge >= 0.3 is 5.97 Å². The smallest absolute Gasteiger partial charge is 0.327 e. The first-order valence-corrected chi connectivity index (χ1v) is 10.4. The number of hydrogen-bond acceptors (Lipinski definition) is 8. The Kier molecular flexibility index (Phi) is 11.0. The van der Waals surface area contributed by atoms with Crippen molar-refractivity contribution in [3.63, 3.8) is 0 Å². The number of carbonyl (C=O) groups is 4. The molecular formula is C18H30N6O6S. The zero-order chi connectivity index (χ0) is 23.6. The molecule has 174 valence electrons. The van der Waals surface area contributed by atoms with Gasteiger partial charge in [-0.25, -0.2) is 9.78 Å². The molecule has 5 unspecified atom stereocenters. The van der Waals surface area contributed by atoms with E-state index in [1.165, 1.54) is 12.5 Å². The van der Waals surface area contributed by atoms with Crippen molar-refractivity contribution in [2.75, 3.05) is 12.4 Å². The number of H-pyrrole nitrogens is 1. The normalized spacial score (nSPS) is 15.8. The van der Waals surface area contributed by atoms with Crippen LogP contribution in [0.15, 0.2) is 12.5 Å². The number of aliphatic hydroxyl groups excluding tert-OH is 1. The molecule has 3 amide bonds. The largest absolute Gasteiger partial charge is 0.480 e. The van der Waals surface area contributed by atoms with E-state index < -0.39 is 54.5 Å². The van der Waals surface area contributed by atoms with Crippen LogP contribution in [0, 0.1) is 5.92 Å². The number of carbonyl (C=O) groups excluding carboxylic acids is 3. The van der Waals surface area contributed by atoms with Gasteiger partial charge in [0.15, 0.2) is 0 Å². The summed E-state index contributed by atoms with van der Waals surface area (Å²) in [6.45, 7) is 2.97. The number of aromatic nitrogens is 2. The van der Waals surface area contributed by atoms with E-state index in [4.69, 9.17) is 15.9 Å². The molecule has 0 aliphatic heterocycles. The summed E-state index contributed by atoms with van der Waals surface area (Å²) >= 11 is 3.92. The lowest BCUT2D eigenvalue weighted by Gasteiger charge is -2.27. The number of carboxylic acid groups (broad SMARTS) is 1. The molecule has 1 aromatic heterocycles. The van der Waals surface area contributed by atoms with Crippen molar-refractivity contribution < 1.29 is 29.4 Å². The Morgan fingerprint density at radius 2 is 1.81 bits per heavy atom. The third kappa shape index (κ3) is 8.19. The molecule has 0 bridgehead atoms. The number of aromatic amines is 1. The monoisotopic (exact) mass is 458 g/mol. The Bertz CT molecular complexity index is 746. The van der Waals surface area contributed by atoms with Crippen molar-refractivity contribution >= 4 is 36.3 Å². The molecule has 1 aromatic rings. The number of carboxylic acids is 1. The van der Waals surface area contributed by atoms with E-state index in [0.717, 1.165) is 0 Å². The third-order valence-electron chi connectivity index (χ3n) is 4.74. The zero-order valence-corrected chi connectivity index (χ0v) is 18.3. The van der Waals surface area contributed by atoms with Gasteiger partial charge in [0.05, 0.1) is 12.9 Å². The standard InChI is InChI=1S/C18H30N6O6S/c1-3-9(2)14(24-15(26)11(19)6-25)17(28)22-12(4-10-5-20-8-21-10)16(27)23-13(7-31)18(29)30/h5,8-9,11-14,25,31H,3-4,6-7,19H2,1-2H3,(H,20,21)(H,22,28)(H,23,27)(H,24,26)(H,29,30). The lowest BCUT2D eigenvalue weighted by molar-refractivity contribution is -0.141. The van der Waals surface area contributed by atoms with E-state index in [-0.39, 0.29) is 18.1 Å². The molecule has 0 aromatic carbocycles. The second kappa shape index (κ2) is 12.9. The molecule has 13 heteroatoms. The van der Waals surface area contributed by atoms with Gasteiger partial charge in [-0.05, 0) is 5.92 Å². The second-order valence-electron chi connectivity index (χ2n) is 7.08. The summed E-state index contributed by atoms with van der Waals surface area (Å²) in [6.07, 6.45) is 3.41. The molecule has 0 aliphatic carbocycles. The molecule has 0 fully saturated rings. The van der Waals surface area contributed by atoms with Gasteiger partial charge in [0.2, 0.25) is 17.7 Å². The third-order valence-corrected chi connectivity index (χ3v) is 5.10. The molecule has 0 saturated carbocycles. The van der Waals surface area contributed by atoms with Crippen molar-refractivity contribution in [3.8, 4) is 0 Å². The fraction of sp³-hybridized carbons (Fsp3) is 0.611. The molecule has 0 saturated heterocycles. The summed E-state index contributed by atoms with van der Waals surface area (Å²) in [5.74, 6) is -3.81. The van der Waals surface area contributed by atoms with Crippen LogP contribution in [-0.2, 0) is 25.6 Å². The predicted molar refractivity (Wildman–Crippen MR) is 114 cm³/mol. The number of aliphatic hydroxyl groups is 1. The topological polar surface area (TPSA) is 200 Å². The number of thiol groups is 1. The van der Waals surface area contributed by atoms with Gasteiger partial charge < -0.3 is 36.9 Å². The van der Waals surface area contributed by atoms with Crippen molar-refractivity contribution in [2.45, 2.75) is 50.9 Å². The van der Waals surface area contributed by atoms with E-state index in [9.17, 15) is 19.2 Å². The SMILES string of the molecule is CCC(C)C(NC(=O)C(N)CO)C(=O)NC(Cc1cnc[nH]1)C(=O)NC(CS)C(=O)O. The van der Waals surface area contributed by atoms with E-state index in [0.29, 0.717) is 12.1 Å². The minimum absolute atomic E-state index is 0.00775. The van der Waals surface area contributed by atoms with Crippen LogP contribution in [0.2, 0.25) is 0 Å². The van der Waals surface area contributed by atoms with Crippen LogP contribution in [0.25, 0.3) is 0 Å². The summed E-state index contributed by atoms with van der Waals surface area (Å²) in [4.78, 5) is 55.7. The highest BCUT2D eigenvalue weighted by molar-refractivity contribution is 7.80. The number of amides is 3. The van der Waals surface area contributed by atoms with Crippen molar-refractivity contribution in [1.82, 2.24) is 25.9 Å². The van der Waals surface area contributed by atoms with Crippen molar-refractivity contribution in [2.24, 2.45) is 11.7 Å². The average molecular weight is 459 g/mol. The van der Waals surface area contributed by atoms with E-state index >= 15 is 0 Å². The van der Waals surface area contributed by atoms with Crippen LogP contribution < -0.4 is 21.7 Å². The molecule has 8 N–H and O–H groups in total. The molecule has 1 heterocycles. The Hall–Kier alpha value is -2.64. The highest BCUT2D eigenvalue weighted by Gasteiger charge is 2.32. The van der Waals surface area contributed by atoms with Crippen molar-refractivity contribution in [3.05, 3.63) is 18.2 Å². The minimum atomic E-state index is -1.27. The van der Waals surface area contributed by atoms with E-state index in [2.05, 4.69) is 38.5 Å². The maximum Gasteiger partial charge on any atom is 0.327 e. The minimum Gasteiger partial charge on any atom is -0.480 e. The first-order chi connectivity index (χ1) is 14.6. The van der Waals surface area contributed by atoms with Gasteiger partial charge in [-0.2, -0.15) is 12.6 Å². The fourth-order valence-electron chi connectivity index (χ4n) is 2.59. The van der Waals surface area contributed by atoms with Gasteiger partial charge in [-0.3, -0.25) is 14.4 Å². The highest BCUT2D eigenvalue weighted by Crippen LogP contribution is 2.10. The van der Waals surface area contributed by atoms with E-state index in [1.807, 2.05) is 6.92 Å². The van der Waals surface area contributed by atoms with Gasteiger partial charge in [0.1, 0.15) is 24.2 Å². The number of nitrogens with two attached hydrogens (primary N) is 1. The molecule has 0 radical (unpaired) electrons. The molecule has 0 spiro atoms. The second-order valence-corrected chi connectivity index (χ2v) is 7.45. The fourth-order valence-corrected chi connectivity index (χ4v) is 2.84. The maximum atomic E-state index is 13.0. The summed E-state index contributed by atoms with van der Waals surface area (Å²) in [6, 6.07) is -4.61. The quantitative estimate of drug-likeness (QED) is 0.152. The number of aliphatic carboxylic acids is 1. The van der Waals surface area contributed by atoms with Crippen LogP contribution in [0.5, 0.6) is 0 Å². The van der Waals surface area contributed by atoms with Crippen LogP contribution in [0.1, 0.15) is 26.0 Å². The highest BCUT2D eigenvalue weighted by atomic mass is 32.1. The number of nitrogens with zero attached hydrogens (tertiary/aromatic N) is 1. The van der Waals surface area contributed by atoms with Crippen LogP contribution in [0.3, 0.4) is 0 Å². The number of nitrogens with one attached hydrogen (secondary N) is 4. The summed E-state index contributed by atoms with van der Waals surface area (Å²) in [5, 5.41) is 25.6. The predicted octanol–water partition coefficient (Wildman–Crippen LogP) is -2.21. The molecular weight excluding hydrogens is 428 g/mol. The molecule has 0 aliphatic rings. The van der Waals surface area contributed by atoms with Gasteiger partial charge in [0.25, 0.3) is 0 Å². The van der Waals surface area contributed by atoms with E-state index in [1.54, 1.807) is 6.92 Å². The molecule has 5 atom stereocenters. The first-order valence-electron chi connectivity index (χ1n) is 9.72. The Balaban J connectivity index is 3.04. The average Bonchev–Trinajstić information content (AvgIpc) is 3.26. The Morgan fingerprint density at radius 1 is 1.16 bits per heavy atom. The van der Waals surface area contributed by atoms with Crippen LogP contribution in [-0.4, -0.2) is 80.4 Å². The summed E-state index contributed by atoms with van der Waals surface area (Å²) in [5.41, 5.74) is 6.05. The van der Waals surface area contributed by atoms with Crippen LogP contribution in [0.4, 0.5) is 0 Å². The van der Waals surface area contributed by atoms with Crippen LogP contribution >= 0.6 is 12.6 Å². The Labute approximate surface area is 185 Å². The summed E-state index contributed by atoms with van der Waals surface area (Å²) in [7, 11) is 0. The van der Waals surface area contributed by atoms with Gasteiger partial charge in [0, 0.05) is 24.1 Å². The zero-order valence-electron chi connectivity index (χ0n) is 17.4.